The zero-order chi connectivity index (χ0) is 13.5. The first-order chi connectivity index (χ1) is 9.25. The Hall–Kier alpha value is -1.94. The Morgan fingerprint density at radius 1 is 1.00 bits per heavy atom. The third-order valence-electron chi connectivity index (χ3n) is 2.82. The van der Waals surface area contributed by atoms with Crippen molar-refractivity contribution < 1.29 is 0 Å². The molecule has 0 saturated carbocycles. The van der Waals surface area contributed by atoms with Gasteiger partial charge in [0, 0.05) is 12.1 Å². The molecule has 0 spiro atoms. The van der Waals surface area contributed by atoms with Crippen molar-refractivity contribution in [2.24, 2.45) is 0 Å². The molecule has 0 aliphatic heterocycles. The molecule has 1 aromatic carbocycles. The van der Waals surface area contributed by atoms with Gasteiger partial charge in [-0.3, -0.25) is 0 Å². The highest BCUT2D eigenvalue weighted by molar-refractivity contribution is 5.59. The molecule has 0 amide bonds. The highest BCUT2D eigenvalue weighted by Crippen LogP contribution is 2.16. The quantitative estimate of drug-likeness (QED) is 0.806. The maximum absolute atomic E-state index is 4.24. The minimum Gasteiger partial charge on any atom is -0.369 e. The van der Waals surface area contributed by atoms with E-state index in [2.05, 4.69) is 34.5 Å². The topological polar surface area (TPSA) is 41.0 Å². The van der Waals surface area contributed by atoms with E-state index in [0.29, 0.717) is 0 Å². The van der Waals surface area contributed by atoms with Crippen molar-refractivity contribution in [1.29, 1.82) is 0 Å². The number of nitrogens with zero attached hydrogens (tertiary/aromatic N) is 3. The van der Waals surface area contributed by atoms with Crippen LogP contribution < -0.4 is 5.32 Å². The van der Waals surface area contributed by atoms with Crippen molar-refractivity contribution in [1.82, 2.24) is 15.1 Å². The minimum absolute atomic E-state index is 0.832. The van der Waals surface area contributed by atoms with Gasteiger partial charge in [-0.2, -0.15) is 0 Å². The summed E-state index contributed by atoms with van der Waals surface area (Å²) in [5, 5.41) is 11.7. The summed E-state index contributed by atoms with van der Waals surface area (Å²) in [4.78, 5) is 2.17. The van der Waals surface area contributed by atoms with Gasteiger partial charge in [0.2, 0.25) is 0 Å². The lowest BCUT2D eigenvalue weighted by atomic mass is 10.1. The summed E-state index contributed by atoms with van der Waals surface area (Å²) in [6.07, 6.45) is 1.09. The molecule has 0 saturated heterocycles. The largest absolute Gasteiger partial charge is 0.369 e. The van der Waals surface area contributed by atoms with Gasteiger partial charge in [0.25, 0.3) is 0 Å². The number of hydrogen-bond donors (Lipinski definition) is 1. The van der Waals surface area contributed by atoms with Crippen LogP contribution in [0.15, 0.2) is 42.5 Å². The monoisotopic (exact) mass is 256 g/mol. The fourth-order valence-electron chi connectivity index (χ4n) is 1.80. The normalized spacial score (nSPS) is 10.7. The van der Waals surface area contributed by atoms with Gasteiger partial charge >= 0.3 is 0 Å². The maximum Gasteiger partial charge on any atom is 0.148 e. The Labute approximate surface area is 114 Å². The summed E-state index contributed by atoms with van der Waals surface area (Å²) >= 11 is 0. The molecule has 0 fully saturated rings. The first kappa shape index (κ1) is 13.5. The molecule has 1 N–H and O–H groups in total. The zero-order valence-corrected chi connectivity index (χ0v) is 11.5. The van der Waals surface area contributed by atoms with Crippen molar-refractivity contribution >= 4 is 5.82 Å². The molecule has 1 heterocycles. The second-order valence-electron chi connectivity index (χ2n) is 4.75. The Bertz CT molecular complexity index is 479. The molecule has 0 bridgehead atoms. The van der Waals surface area contributed by atoms with Crippen LogP contribution in [0.25, 0.3) is 11.3 Å². The molecule has 19 heavy (non-hydrogen) atoms. The molecule has 4 nitrogen and oxygen atoms in total. The lowest BCUT2D eigenvalue weighted by molar-refractivity contribution is 0.405. The Morgan fingerprint density at radius 2 is 1.79 bits per heavy atom. The molecule has 2 aromatic rings. The first-order valence-corrected chi connectivity index (χ1v) is 6.53. The van der Waals surface area contributed by atoms with E-state index in [4.69, 9.17) is 0 Å². The smallest absolute Gasteiger partial charge is 0.148 e. The van der Waals surface area contributed by atoms with Crippen LogP contribution >= 0.6 is 0 Å². The molecule has 0 aliphatic carbocycles. The molecule has 4 heteroatoms. The molecule has 0 unspecified atom stereocenters. The first-order valence-electron chi connectivity index (χ1n) is 6.53. The standard InChI is InChI=1S/C15H20N4/c1-19(2)12-6-11-16-15-10-9-14(17-18-15)13-7-4-3-5-8-13/h3-5,7-10H,6,11-12H2,1-2H3,(H,16,18). The second-order valence-corrected chi connectivity index (χ2v) is 4.75. The third-order valence-corrected chi connectivity index (χ3v) is 2.82. The van der Waals surface area contributed by atoms with Gasteiger partial charge in [-0.25, -0.2) is 0 Å². The molecule has 2 rings (SSSR count). The predicted molar refractivity (Wildman–Crippen MR) is 79.1 cm³/mol. The fraction of sp³-hybridized carbons (Fsp3) is 0.333. The van der Waals surface area contributed by atoms with Gasteiger partial charge in [0.15, 0.2) is 0 Å². The van der Waals surface area contributed by atoms with Crippen LogP contribution in [0.4, 0.5) is 5.82 Å². The fourth-order valence-corrected chi connectivity index (χ4v) is 1.80. The summed E-state index contributed by atoms with van der Waals surface area (Å²) in [5.74, 6) is 0.832. The van der Waals surface area contributed by atoms with Gasteiger partial charge in [0.1, 0.15) is 5.82 Å². The Kier molecular flexibility index (Phi) is 4.86. The van der Waals surface area contributed by atoms with Crippen molar-refractivity contribution in [3.05, 3.63) is 42.5 Å². The Morgan fingerprint density at radius 3 is 2.42 bits per heavy atom. The highest BCUT2D eigenvalue weighted by atomic mass is 15.2. The molecular weight excluding hydrogens is 236 g/mol. The number of aromatic nitrogens is 2. The average molecular weight is 256 g/mol. The van der Waals surface area contributed by atoms with Crippen LogP contribution in [-0.4, -0.2) is 42.3 Å². The molecule has 100 valence electrons. The zero-order valence-electron chi connectivity index (χ0n) is 11.5. The number of hydrogen-bond acceptors (Lipinski definition) is 4. The third kappa shape index (κ3) is 4.34. The number of nitrogens with one attached hydrogen (secondary N) is 1. The van der Waals surface area contributed by atoms with Crippen LogP contribution in [0.1, 0.15) is 6.42 Å². The highest BCUT2D eigenvalue weighted by Gasteiger charge is 2.00. The van der Waals surface area contributed by atoms with E-state index in [1.165, 1.54) is 0 Å². The van der Waals surface area contributed by atoms with Crippen molar-refractivity contribution in [2.45, 2.75) is 6.42 Å². The van der Waals surface area contributed by atoms with Crippen LogP contribution in [0.3, 0.4) is 0 Å². The van der Waals surface area contributed by atoms with E-state index in [9.17, 15) is 0 Å². The summed E-state index contributed by atoms with van der Waals surface area (Å²) in [6.45, 7) is 1.99. The van der Waals surface area contributed by atoms with E-state index >= 15 is 0 Å². The predicted octanol–water partition coefficient (Wildman–Crippen LogP) is 2.51. The molecular formula is C15H20N4. The van der Waals surface area contributed by atoms with Gasteiger partial charge < -0.3 is 10.2 Å². The minimum atomic E-state index is 0.832. The maximum atomic E-state index is 4.24. The SMILES string of the molecule is CN(C)CCCNc1ccc(-c2ccccc2)nn1. The van der Waals surface area contributed by atoms with E-state index in [0.717, 1.165) is 36.6 Å². The summed E-state index contributed by atoms with van der Waals surface area (Å²) in [5.41, 5.74) is 1.99. The second kappa shape index (κ2) is 6.85. The molecule has 1 aromatic heterocycles. The average Bonchev–Trinajstić information content (AvgIpc) is 2.45. The van der Waals surface area contributed by atoms with Crippen molar-refractivity contribution in [3.63, 3.8) is 0 Å². The lowest BCUT2D eigenvalue weighted by Gasteiger charge is -2.10. The van der Waals surface area contributed by atoms with Gasteiger partial charge in [-0.05, 0) is 39.2 Å². The van der Waals surface area contributed by atoms with E-state index in [-0.39, 0.29) is 0 Å². The van der Waals surface area contributed by atoms with Crippen LogP contribution in [0, 0.1) is 0 Å². The summed E-state index contributed by atoms with van der Waals surface area (Å²) in [6, 6.07) is 14.1. The van der Waals surface area contributed by atoms with E-state index in [1.54, 1.807) is 0 Å². The Balaban J connectivity index is 1.88. The van der Waals surface area contributed by atoms with Gasteiger partial charge in [-0.1, -0.05) is 30.3 Å². The molecule has 0 radical (unpaired) electrons. The van der Waals surface area contributed by atoms with Crippen molar-refractivity contribution in [3.8, 4) is 11.3 Å². The molecule has 0 aliphatic rings. The number of anilines is 1. The van der Waals surface area contributed by atoms with Gasteiger partial charge in [0.05, 0.1) is 5.69 Å². The van der Waals surface area contributed by atoms with Crippen LogP contribution in [-0.2, 0) is 0 Å². The summed E-state index contributed by atoms with van der Waals surface area (Å²) < 4.78 is 0. The van der Waals surface area contributed by atoms with Crippen molar-refractivity contribution in [2.75, 3.05) is 32.5 Å². The lowest BCUT2D eigenvalue weighted by Crippen LogP contribution is -2.16. The van der Waals surface area contributed by atoms with Gasteiger partial charge in [-0.15, -0.1) is 10.2 Å². The summed E-state index contributed by atoms with van der Waals surface area (Å²) in [7, 11) is 4.16. The number of benzene rings is 1. The number of rotatable bonds is 6. The van der Waals surface area contributed by atoms with E-state index < -0.39 is 0 Å². The molecule has 0 atom stereocenters. The van der Waals surface area contributed by atoms with Crippen LogP contribution in [0.5, 0.6) is 0 Å². The van der Waals surface area contributed by atoms with Crippen LogP contribution in [0.2, 0.25) is 0 Å². The van der Waals surface area contributed by atoms with E-state index in [1.807, 2.05) is 42.5 Å².